The maximum Gasteiger partial charge on any atom is 0.319 e. The van der Waals surface area contributed by atoms with Gasteiger partial charge in [-0.1, -0.05) is 17.7 Å². The van der Waals surface area contributed by atoms with Gasteiger partial charge in [0.25, 0.3) is 0 Å². The largest absolute Gasteiger partial charge is 0.493 e. The summed E-state index contributed by atoms with van der Waals surface area (Å²) in [6.07, 6.45) is 0.380. The number of hydrogen-bond acceptors (Lipinski definition) is 4. The van der Waals surface area contributed by atoms with E-state index in [0.29, 0.717) is 41.7 Å². The molecule has 3 amide bonds. The number of urea groups is 1. The third kappa shape index (κ3) is 4.48. The van der Waals surface area contributed by atoms with Gasteiger partial charge in [-0.3, -0.25) is 4.79 Å². The van der Waals surface area contributed by atoms with Gasteiger partial charge in [0.1, 0.15) is 0 Å². The second-order valence-electron chi connectivity index (χ2n) is 6.43. The van der Waals surface area contributed by atoms with Crippen LogP contribution in [0.4, 0.5) is 16.2 Å². The monoisotopic (exact) mass is 403 g/mol. The Hall–Kier alpha value is -2.93. The number of nitrogens with zero attached hydrogens (tertiary/aromatic N) is 1. The van der Waals surface area contributed by atoms with Crippen molar-refractivity contribution in [2.24, 2.45) is 5.92 Å². The van der Waals surface area contributed by atoms with Gasteiger partial charge in [0.15, 0.2) is 11.5 Å². The summed E-state index contributed by atoms with van der Waals surface area (Å²) in [7, 11) is 3.04. The zero-order chi connectivity index (χ0) is 20.1. The molecule has 1 aliphatic heterocycles. The van der Waals surface area contributed by atoms with Crippen LogP contribution in [0.1, 0.15) is 6.42 Å². The summed E-state index contributed by atoms with van der Waals surface area (Å²) < 4.78 is 10.5. The van der Waals surface area contributed by atoms with E-state index in [9.17, 15) is 9.59 Å². The van der Waals surface area contributed by atoms with E-state index in [0.717, 1.165) is 5.69 Å². The lowest BCUT2D eigenvalue weighted by Gasteiger charge is -2.17. The van der Waals surface area contributed by atoms with Crippen molar-refractivity contribution >= 4 is 34.9 Å². The van der Waals surface area contributed by atoms with Crippen LogP contribution >= 0.6 is 11.6 Å². The van der Waals surface area contributed by atoms with Crippen molar-refractivity contribution < 1.29 is 19.1 Å². The fraction of sp³-hybridized carbons (Fsp3) is 0.300. The highest BCUT2D eigenvalue weighted by molar-refractivity contribution is 6.30. The summed E-state index contributed by atoms with van der Waals surface area (Å²) in [6.45, 7) is 0.928. The second-order valence-corrected chi connectivity index (χ2v) is 6.86. The first-order chi connectivity index (χ1) is 13.5. The van der Waals surface area contributed by atoms with Crippen molar-refractivity contribution in [2.75, 3.05) is 37.5 Å². The number of anilines is 2. The highest BCUT2D eigenvalue weighted by Crippen LogP contribution is 2.34. The number of halogens is 1. The van der Waals surface area contributed by atoms with Crippen LogP contribution in [0, 0.1) is 5.92 Å². The Labute approximate surface area is 168 Å². The van der Waals surface area contributed by atoms with E-state index < -0.39 is 0 Å². The normalized spacial score (nSPS) is 16.0. The van der Waals surface area contributed by atoms with Crippen molar-refractivity contribution in [1.82, 2.24) is 5.32 Å². The number of para-hydroxylation sites is 1. The molecule has 1 aliphatic rings. The number of carbonyl (C=O) groups is 2. The molecule has 1 heterocycles. The Morgan fingerprint density at radius 1 is 1.18 bits per heavy atom. The number of rotatable bonds is 6. The standard InChI is InChI=1S/C20H22ClN3O4/c1-27-17-5-3-4-16(19(17)28-2)23-20(26)22-11-13-10-18(25)24(12-13)15-8-6-14(21)7-9-15/h3-9,13H,10-12H2,1-2H3,(H2,22,23,26)/t13-/m0/s1. The summed E-state index contributed by atoms with van der Waals surface area (Å²) in [6, 6.07) is 12.0. The predicted molar refractivity (Wildman–Crippen MR) is 108 cm³/mol. The van der Waals surface area contributed by atoms with Crippen LogP contribution in [0.2, 0.25) is 5.02 Å². The number of amides is 3. The summed E-state index contributed by atoms with van der Waals surface area (Å²) in [5, 5.41) is 6.19. The van der Waals surface area contributed by atoms with Crippen LogP contribution in [0.3, 0.4) is 0 Å². The minimum atomic E-state index is -0.371. The molecule has 1 fully saturated rings. The number of carbonyl (C=O) groups excluding carboxylic acids is 2. The lowest BCUT2D eigenvalue weighted by atomic mass is 10.1. The third-order valence-electron chi connectivity index (χ3n) is 4.55. The SMILES string of the molecule is COc1cccc(NC(=O)NC[C@@H]2CC(=O)N(c3ccc(Cl)cc3)C2)c1OC. The molecule has 2 aromatic rings. The molecule has 0 aromatic heterocycles. The molecule has 8 heteroatoms. The van der Waals surface area contributed by atoms with E-state index in [-0.39, 0.29) is 17.9 Å². The molecule has 0 bridgehead atoms. The predicted octanol–water partition coefficient (Wildman–Crippen LogP) is 3.53. The van der Waals surface area contributed by atoms with Gasteiger partial charge >= 0.3 is 6.03 Å². The molecule has 2 aromatic carbocycles. The lowest BCUT2D eigenvalue weighted by molar-refractivity contribution is -0.117. The maximum atomic E-state index is 12.3. The molecular formula is C20H22ClN3O4. The van der Waals surface area contributed by atoms with E-state index in [4.69, 9.17) is 21.1 Å². The van der Waals surface area contributed by atoms with Crippen molar-refractivity contribution in [1.29, 1.82) is 0 Å². The molecule has 0 spiro atoms. The van der Waals surface area contributed by atoms with E-state index in [2.05, 4.69) is 10.6 Å². The fourth-order valence-corrected chi connectivity index (χ4v) is 3.30. The van der Waals surface area contributed by atoms with E-state index in [1.54, 1.807) is 35.2 Å². The zero-order valence-corrected chi connectivity index (χ0v) is 16.5. The summed E-state index contributed by atoms with van der Waals surface area (Å²) >= 11 is 5.90. The van der Waals surface area contributed by atoms with Crippen LogP contribution in [-0.2, 0) is 4.79 Å². The van der Waals surface area contributed by atoms with Crippen LogP contribution in [0.15, 0.2) is 42.5 Å². The number of benzene rings is 2. The average molecular weight is 404 g/mol. The van der Waals surface area contributed by atoms with E-state index in [1.165, 1.54) is 14.2 Å². The molecule has 7 nitrogen and oxygen atoms in total. The first-order valence-corrected chi connectivity index (χ1v) is 9.21. The van der Waals surface area contributed by atoms with Crippen LogP contribution in [-0.4, -0.2) is 39.2 Å². The second kappa shape index (κ2) is 8.84. The molecule has 1 saturated heterocycles. The number of nitrogens with one attached hydrogen (secondary N) is 2. The first-order valence-electron chi connectivity index (χ1n) is 8.83. The quantitative estimate of drug-likeness (QED) is 0.773. The highest BCUT2D eigenvalue weighted by atomic mass is 35.5. The Bertz CT molecular complexity index is 857. The van der Waals surface area contributed by atoms with Gasteiger partial charge in [0, 0.05) is 36.1 Å². The number of methoxy groups -OCH3 is 2. The summed E-state index contributed by atoms with van der Waals surface area (Å²) in [4.78, 5) is 26.3. The fourth-order valence-electron chi connectivity index (χ4n) is 3.18. The number of ether oxygens (including phenoxy) is 2. The van der Waals surface area contributed by atoms with Crippen LogP contribution in [0.5, 0.6) is 11.5 Å². The molecule has 0 radical (unpaired) electrons. The van der Waals surface area contributed by atoms with Crippen molar-refractivity contribution in [3.63, 3.8) is 0 Å². The molecule has 0 saturated carbocycles. The van der Waals surface area contributed by atoms with Gasteiger partial charge in [-0.05, 0) is 36.4 Å². The lowest BCUT2D eigenvalue weighted by Crippen LogP contribution is -2.34. The molecule has 1 atom stereocenters. The van der Waals surface area contributed by atoms with Crippen LogP contribution in [0.25, 0.3) is 0 Å². The van der Waals surface area contributed by atoms with Crippen molar-refractivity contribution in [3.8, 4) is 11.5 Å². The van der Waals surface area contributed by atoms with E-state index >= 15 is 0 Å². The van der Waals surface area contributed by atoms with E-state index in [1.807, 2.05) is 12.1 Å². The van der Waals surface area contributed by atoms with Gasteiger partial charge in [-0.25, -0.2) is 4.79 Å². The Kier molecular flexibility index (Phi) is 6.26. The zero-order valence-electron chi connectivity index (χ0n) is 15.7. The van der Waals surface area contributed by atoms with Gasteiger partial charge in [0.05, 0.1) is 19.9 Å². The minimum Gasteiger partial charge on any atom is -0.493 e. The van der Waals surface area contributed by atoms with Crippen molar-refractivity contribution in [2.45, 2.75) is 6.42 Å². The van der Waals surface area contributed by atoms with Gasteiger partial charge in [0.2, 0.25) is 5.91 Å². The summed E-state index contributed by atoms with van der Waals surface area (Å²) in [5.41, 5.74) is 1.31. The summed E-state index contributed by atoms with van der Waals surface area (Å²) in [5.74, 6) is 1.04. The Morgan fingerprint density at radius 2 is 1.93 bits per heavy atom. The third-order valence-corrected chi connectivity index (χ3v) is 4.80. The molecule has 28 heavy (non-hydrogen) atoms. The van der Waals surface area contributed by atoms with Gasteiger partial charge in [-0.15, -0.1) is 0 Å². The molecular weight excluding hydrogens is 382 g/mol. The Balaban J connectivity index is 1.56. The molecule has 0 aliphatic carbocycles. The molecule has 3 rings (SSSR count). The topological polar surface area (TPSA) is 79.9 Å². The average Bonchev–Trinajstić information content (AvgIpc) is 3.07. The van der Waals surface area contributed by atoms with Gasteiger partial charge < -0.3 is 25.0 Å². The molecule has 0 unspecified atom stereocenters. The van der Waals surface area contributed by atoms with Crippen LogP contribution < -0.4 is 25.0 Å². The molecule has 2 N–H and O–H groups in total. The van der Waals surface area contributed by atoms with Gasteiger partial charge in [-0.2, -0.15) is 0 Å². The molecule has 148 valence electrons. The smallest absolute Gasteiger partial charge is 0.319 e. The minimum absolute atomic E-state index is 0.0288. The Morgan fingerprint density at radius 3 is 2.61 bits per heavy atom. The maximum absolute atomic E-state index is 12.3. The number of hydrogen-bond donors (Lipinski definition) is 2. The first kappa shape index (κ1) is 19.8. The van der Waals surface area contributed by atoms with Crippen molar-refractivity contribution in [3.05, 3.63) is 47.5 Å². The highest BCUT2D eigenvalue weighted by Gasteiger charge is 2.30.